The molecule has 0 atom stereocenters. The Morgan fingerprint density at radius 2 is 1.85 bits per heavy atom. The van der Waals surface area contributed by atoms with Gasteiger partial charge in [-0.1, -0.05) is 0 Å². The van der Waals surface area contributed by atoms with Crippen LogP contribution in [0.15, 0.2) is 10.9 Å². The Morgan fingerprint density at radius 1 is 1.04 bits per heavy atom. The van der Waals surface area contributed by atoms with Gasteiger partial charge in [0, 0.05) is 36.3 Å². The third-order valence-electron chi connectivity index (χ3n) is 5.98. The lowest BCUT2D eigenvalue weighted by Crippen LogP contribution is -2.50. The standard InChI is InChI=1S/C20H25N5O/c1-13-21-18-8-4-6-16(18)20(22-13)24-10-14(11-24)12-25-19(26)9-15-5-2-3-7-17(15)23-25/h9,14H,2-8,10-12H2,1H3. The van der Waals surface area contributed by atoms with E-state index >= 15 is 0 Å². The minimum atomic E-state index is 0.0582. The molecule has 2 aliphatic carbocycles. The predicted octanol–water partition coefficient (Wildman–Crippen LogP) is 1.85. The monoisotopic (exact) mass is 351 g/mol. The van der Waals surface area contributed by atoms with Crippen LogP contribution in [-0.4, -0.2) is 32.8 Å². The fourth-order valence-corrected chi connectivity index (χ4v) is 4.63. The van der Waals surface area contributed by atoms with Crippen LogP contribution in [0, 0.1) is 12.8 Å². The van der Waals surface area contributed by atoms with Gasteiger partial charge in [0.25, 0.3) is 5.56 Å². The van der Waals surface area contributed by atoms with Crippen molar-refractivity contribution >= 4 is 5.82 Å². The lowest BCUT2D eigenvalue weighted by atomic mass is 9.96. The van der Waals surface area contributed by atoms with Crippen LogP contribution in [0.4, 0.5) is 5.82 Å². The molecule has 2 aromatic heterocycles. The maximum absolute atomic E-state index is 12.4. The summed E-state index contributed by atoms with van der Waals surface area (Å²) in [4.78, 5) is 24.1. The minimum absolute atomic E-state index is 0.0582. The molecule has 0 unspecified atom stereocenters. The molecule has 136 valence electrons. The van der Waals surface area contributed by atoms with Gasteiger partial charge in [0.15, 0.2) is 0 Å². The van der Waals surface area contributed by atoms with Crippen molar-refractivity contribution in [2.75, 3.05) is 18.0 Å². The van der Waals surface area contributed by atoms with Crippen LogP contribution in [0.5, 0.6) is 0 Å². The van der Waals surface area contributed by atoms with E-state index in [1.807, 2.05) is 13.0 Å². The highest BCUT2D eigenvalue weighted by molar-refractivity contribution is 5.53. The summed E-state index contributed by atoms with van der Waals surface area (Å²) in [6.45, 7) is 4.60. The normalized spacial score (nSPS) is 19.2. The fraction of sp³-hybridized carbons (Fsp3) is 0.600. The molecule has 0 aromatic carbocycles. The number of fused-ring (bicyclic) bond motifs is 2. The Kier molecular flexibility index (Phi) is 3.80. The largest absolute Gasteiger partial charge is 0.355 e. The summed E-state index contributed by atoms with van der Waals surface area (Å²) >= 11 is 0. The van der Waals surface area contributed by atoms with Gasteiger partial charge in [0.05, 0.1) is 12.2 Å². The van der Waals surface area contributed by atoms with E-state index in [0.717, 1.165) is 62.7 Å². The minimum Gasteiger partial charge on any atom is -0.355 e. The van der Waals surface area contributed by atoms with Gasteiger partial charge in [-0.25, -0.2) is 14.6 Å². The van der Waals surface area contributed by atoms with E-state index in [1.54, 1.807) is 4.68 Å². The molecule has 26 heavy (non-hydrogen) atoms. The van der Waals surface area contributed by atoms with E-state index in [-0.39, 0.29) is 5.56 Å². The second-order valence-corrected chi connectivity index (χ2v) is 7.99. The van der Waals surface area contributed by atoms with E-state index in [1.165, 1.54) is 36.1 Å². The van der Waals surface area contributed by atoms with E-state index in [2.05, 4.69) is 15.0 Å². The van der Waals surface area contributed by atoms with Crippen molar-refractivity contribution in [2.45, 2.75) is 58.4 Å². The van der Waals surface area contributed by atoms with Crippen LogP contribution < -0.4 is 10.5 Å². The Morgan fingerprint density at radius 3 is 2.73 bits per heavy atom. The summed E-state index contributed by atoms with van der Waals surface area (Å²) < 4.78 is 1.70. The topological polar surface area (TPSA) is 63.9 Å². The van der Waals surface area contributed by atoms with Gasteiger partial charge in [-0.05, 0) is 57.4 Å². The third kappa shape index (κ3) is 2.72. The molecule has 1 aliphatic heterocycles. The molecule has 0 radical (unpaired) electrons. The van der Waals surface area contributed by atoms with Crippen LogP contribution in [-0.2, 0) is 32.2 Å². The van der Waals surface area contributed by atoms with Crippen molar-refractivity contribution in [3.63, 3.8) is 0 Å². The Balaban J connectivity index is 1.31. The third-order valence-corrected chi connectivity index (χ3v) is 5.98. The van der Waals surface area contributed by atoms with E-state index in [9.17, 15) is 4.79 Å². The van der Waals surface area contributed by atoms with Gasteiger partial charge in [-0.2, -0.15) is 5.10 Å². The maximum Gasteiger partial charge on any atom is 0.267 e. The lowest BCUT2D eigenvalue weighted by Gasteiger charge is -2.41. The molecule has 0 N–H and O–H groups in total. The van der Waals surface area contributed by atoms with Crippen molar-refractivity contribution in [2.24, 2.45) is 5.92 Å². The molecule has 6 nitrogen and oxygen atoms in total. The summed E-state index contributed by atoms with van der Waals surface area (Å²) in [6.07, 6.45) is 7.75. The smallest absolute Gasteiger partial charge is 0.267 e. The maximum atomic E-state index is 12.4. The van der Waals surface area contributed by atoms with E-state index < -0.39 is 0 Å². The van der Waals surface area contributed by atoms with Crippen LogP contribution in [0.1, 0.15) is 47.6 Å². The zero-order chi connectivity index (χ0) is 17.7. The van der Waals surface area contributed by atoms with Gasteiger partial charge in [0.1, 0.15) is 11.6 Å². The van der Waals surface area contributed by atoms with Crippen LogP contribution in [0.25, 0.3) is 0 Å². The van der Waals surface area contributed by atoms with Crippen LogP contribution >= 0.6 is 0 Å². The second-order valence-electron chi connectivity index (χ2n) is 7.99. The van der Waals surface area contributed by atoms with Crippen molar-refractivity contribution in [1.29, 1.82) is 0 Å². The molecule has 3 heterocycles. The molecule has 0 amide bonds. The molecule has 5 rings (SSSR count). The Labute approximate surface area is 153 Å². The van der Waals surface area contributed by atoms with Crippen molar-refractivity contribution in [3.8, 4) is 0 Å². The zero-order valence-electron chi connectivity index (χ0n) is 15.4. The zero-order valence-corrected chi connectivity index (χ0v) is 15.4. The first-order valence-corrected chi connectivity index (χ1v) is 9.88. The van der Waals surface area contributed by atoms with Crippen molar-refractivity contribution in [1.82, 2.24) is 19.7 Å². The van der Waals surface area contributed by atoms with Gasteiger partial charge in [0.2, 0.25) is 0 Å². The fourth-order valence-electron chi connectivity index (χ4n) is 4.63. The molecule has 0 bridgehead atoms. The molecule has 6 heteroatoms. The number of rotatable bonds is 3. The molecule has 3 aliphatic rings. The van der Waals surface area contributed by atoms with Crippen molar-refractivity contribution in [3.05, 3.63) is 44.8 Å². The summed E-state index contributed by atoms with van der Waals surface area (Å²) in [7, 11) is 0. The number of aromatic nitrogens is 4. The first-order chi connectivity index (χ1) is 12.7. The van der Waals surface area contributed by atoms with Gasteiger partial charge in [-0.15, -0.1) is 0 Å². The molecule has 0 saturated carbocycles. The van der Waals surface area contributed by atoms with Crippen molar-refractivity contribution < 1.29 is 0 Å². The highest BCUT2D eigenvalue weighted by atomic mass is 16.1. The summed E-state index contributed by atoms with van der Waals surface area (Å²) in [5.41, 5.74) is 4.94. The second kappa shape index (κ2) is 6.18. The number of nitrogens with zero attached hydrogens (tertiary/aromatic N) is 5. The van der Waals surface area contributed by atoms with E-state index in [4.69, 9.17) is 4.98 Å². The first-order valence-electron chi connectivity index (χ1n) is 9.88. The quantitative estimate of drug-likeness (QED) is 0.844. The molecular weight excluding hydrogens is 326 g/mol. The molecule has 1 saturated heterocycles. The molecule has 0 spiro atoms. The summed E-state index contributed by atoms with van der Waals surface area (Å²) in [6, 6.07) is 1.82. The number of hydrogen-bond donors (Lipinski definition) is 0. The van der Waals surface area contributed by atoms with Gasteiger partial charge < -0.3 is 4.90 Å². The average Bonchev–Trinajstić information content (AvgIpc) is 3.05. The Hall–Kier alpha value is -2.24. The van der Waals surface area contributed by atoms with Gasteiger partial charge >= 0.3 is 0 Å². The first kappa shape index (κ1) is 16.0. The lowest BCUT2D eigenvalue weighted by molar-refractivity contribution is 0.329. The van der Waals surface area contributed by atoms with E-state index in [0.29, 0.717) is 5.92 Å². The van der Waals surface area contributed by atoms with Crippen LogP contribution in [0.3, 0.4) is 0 Å². The van der Waals surface area contributed by atoms with Gasteiger partial charge in [-0.3, -0.25) is 4.79 Å². The number of hydrogen-bond acceptors (Lipinski definition) is 5. The summed E-state index contributed by atoms with van der Waals surface area (Å²) in [5.74, 6) is 2.47. The number of aryl methyl sites for hydroxylation is 4. The van der Waals surface area contributed by atoms with Crippen LogP contribution in [0.2, 0.25) is 0 Å². The molecule has 2 aromatic rings. The summed E-state index contributed by atoms with van der Waals surface area (Å²) in [5, 5.41) is 4.66. The average molecular weight is 351 g/mol. The predicted molar refractivity (Wildman–Crippen MR) is 99.6 cm³/mol. The Bertz CT molecular complexity index is 913. The highest BCUT2D eigenvalue weighted by Crippen LogP contribution is 2.33. The molecular formula is C20H25N5O. The highest BCUT2D eigenvalue weighted by Gasteiger charge is 2.32. The SMILES string of the molecule is Cc1nc2c(c(N3CC(Cn4nc5c(cc4=O)CCCC5)C3)n1)CCC2. The number of anilines is 1. The molecule has 1 fully saturated rings.